The molecule has 0 aliphatic rings. The van der Waals surface area contributed by atoms with Crippen LogP contribution >= 0.6 is 0 Å². The van der Waals surface area contributed by atoms with Crippen LogP contribution in [0.2, 0.25) is 0 Å². The first-order valence-electron chi connectivity index (χ1n) is 4.72. The molecule has 0 aromatic rings. The van der Waals surface area contributed by atoms with E-state index in [0.29, 0.717) is 5.92 Å². The molecule has 0 fully saturated rings. The quantitative estimate of drug-likeness (QED) is 0.529. The van der Waals surface area contributed by atoms with Gasteiger partial charge in [0.05, 0.1) is 7.11 Å². The standard InChI is InChI=1S/C10H18O4S/c1-8(2)6-5-7-9(10(11)14-3)15(4,12)13/h5-6,8-9H,7H2,1-4H3/b6-5+. The summed E-state index contributed by atoms with van der Waals surface area (Å²) >= 11 is 0. The van der Waals surface area contributed by atoms with Gasteiger partial charge in [-0.3, -0.25) is 4.79 Å². The molecule has 0 aromatic carbocycles. The Kier molecular flexibility index (Phi) is 5.57. The van der Waals surface area contributed by atoms with Crippen LogP contribution in [0, 0.1) is 5.92 Å². The van der Waals surface area contributed by atoms with Crippen molar-refractivity contribution in [1.82, 2.24) is 0 Å². The van der Waals surface area contributed by atoms with Crippen molar-refractivity contribution in [2.45, 2.75) is 25.5 Å². The van der Waals surface area contributed by atoms with Crippen molar-refractivity contribution in [3.8, 4) is 0 Å². The van der Waals surface area contributed by atoms with Gasteiger partial charge in [0.1, 0.15) is 0 Å². The number of methoxy groups -OCH3 is 1. The first-order valence-corrected chi connectivity index (χ1v) is 6.67. The molecule has 0 saturated heterocycles. The molecule has 5 heteroatoms. The van der Waals surface area contributed by atoms with Gasteiger partial charge in [-0.15, -0.1) is 0 Å². The zero-order valence-electron chi connectivity index (χ0n) is 9.56. The summed E-state index contributed by atoms with van der Waals surface area (Å²) in [4.78, 5) is 11.2. The third-order valence-electron chi connectivity index (χ3n) is 1.85. The molecule has 4 nitrogen and oxygen atoms in total. The Bertz CT molecular complexity index is 327. The summed E-state index contributed by atoms with van der Waals surface area (Å²) in [5.41, 5.74) is 0. The van der Waals surface area contributed by atoms with E-state index in [4.69, 9.17) is 0 Å². The molecular formula is C10H18O4S. The van der Waals surface area contributed by atoms with E-state index in [9.17, 15) is 13.2 Å². The second-order valence-electron chi connectivity index (χ2n) is 3.75. The van der Waals surface area contributed by atoms with Crippen molar-refractivity contribution in [1.29, 1.82) is 0 Å². The van der Waals surface area contributed by atoms with Crippen molar-refractivity contribution in [2.24, 2.45) is 5.92 Å². The highest BCUT2D eigenvalue weighted by Crippen LogP contribution is 2.09. The lowest BCUT2D eigenvalue weighted by molar-refractivity contribution is -0.140. The fourth-order valence-electron chi connectivity index (χ4n) is 1.05. The number of esters is 1. The van der Waals surface area contributed by atoms with E-state index in [0.717, 1.165) is 6.26 Å². The summed E-state index contributed by atoms with van der Waals surface area (Å²) in [5, 5.41) is -1.09. The fourth-order valence-corrected chi connectivity index (χ4v) is 1.96. The number of ether oxygens (including phenoxy) is 1. The molecule has 0 bridgehead atoms. The molecule has 0 aromatic heterocycles. The van der Waals surface area contributed by atoms with Gasteiger partial charge in [0.2, 0.25) is 0 Å². The largest absolute Gasteiger partial charge is 0.468 e. The SMILES string of the molecule is COC(=O)C(C/C=C/C(C)C)S(C)(=O)=O. The lowest BCUT2D eigenvalue weighted by atomic mass is 10.2. The topological polar surface area (TPSA) is 60.4 Å². The molecule has 15 heavy (non-hydrogen) atoms. The Morgan fingerprint density at radius 1 is 1.40 bits per heavy atom. The van der Waals surface area contributed by atoms with E-state index >= 15 is 0 Å². The second kappa shape index (κ2) is 5.90. The highest BCUT2D eigenvalue weighted by molar-refractivity contribution is 7.92. The predicted molar refractivity (Wildman–Crippen MR) is 59.2 cm³/mol. The van der Waals surface area contributed by atoms with Crippen LogP contribution in [0.1, 0.15) is 20.3 Å². The fraction of sp³-hybridized carbons (Fsp3) is 0.700. The van der Waals surface area contributed by atoms with Gasteiger partial charge in [0, 0.05) is 6.26 Å². The lowest BCUT2D eigenvalue weighted by Crippen LogP contribution is -2.30. The maximum Gasteiger partial charge on any atom is 0.324 e. The normalized spacial score (nSPS) is 14.5. The summed E-state index contributed by atoms with van der Waals surface area (Å²) in [7, 11) is -2.21. The summed E-state index contributed by atoms with van der Waals surface area (Å²) in [6.45, 7) is 3.95. The molecule has 88 valence electrons. The van der Waals surface area contributed by atoms with Crippen LogP contribution in [0.15, 0.2) is 12.2 Å². The third-order valence-corrected chi connectivity index (χ3v) is 3.27. The molecule has 0 aliphatic carbocycles. The Labute approximate surface area is 91.2 Å². The van der Waals surface area contributed by atoms with Crippen molar-refractivity contribution in [3.63, 3.8) is 0 Å². The van der Waals surface area contributed by atoms with Crippen LogP contribution in [0.25, 0.3) is 0 Å². The van der Waals surface area contributed by atoms with Crippen molar-refractivity contribution in [3.05, 3.63) is 12.2 Å². The van der Waals surface area contributed by atoms with Gasteiger partial charge >= 0.3 is 5.97 Å². The molecule has 1 atom stereocenters. The Balaban J connectivity index is 4.62. The average Bonchev–Trinajstić information content (AvgIpc) is 2.09. The van der Waals surface area contributed by atoms with Crippen LogP contribution in [0.5, 0.6) is 0 Å². The van der Waals surface area contributed by atoms with Crippen molar-refractivity contribution < 1.29 is 17.9 Å². The maximum atomic E-state index is 11.3. The van der Waals surface area contributed by atoms with Crippen molar-refractivity contribution in [2.75, 3.05) is 13.4 Å². The molecule has 1 unspecified atom stereocenters. The van der Waals surface area contributed by atoms with E-state index in [2.05, 4.69) is 4.74 Å². The summed E-state index contributed by atoms with van der Waals surface area (Å²) in [6.07, 6.45) is 4.77. The number of hydrogen-bond acceptors (Lipinski definition) is 4. The van der Waals surface area contributed by atoms with Gasteiger partial charge in [-0.2, -0.15) is 0 Å². The number of hydrogen-bond donors (Lipinski definition) is 0. The van der Waals surface area contributed by atoms with Gasteiger partial charge in [0.25, 0.3) is 0 Å². The first-order chi connectivity index (χ1) is 6.79. The molecule has 0 aliphatic heterocycles. The Hall–Kier alpha value is -0.840. The first kappa shape index (κ1) is 14.2. The predicted octanol–water partition coefficient (Wildman–Crippen LogP) is 1.17. The molecular weight excluding hydrogens is 216 g/mol. The smallest absolute Gasteiger partial charge is 0.324 e. The minimum absolute atomic E-state index is 0.170. The van der Waals surface area contributed by atoms with Gasteiger partial charge in [-0.25, -0.2) is 8.42 Å². The van der Waals surface area contributed by atoms with Gasteiger partial charge in [-0.05, 0) is 12.3 Å². The highest BCUT2D eigenvalue weighted by Gasteiger charge is 2.28. The minimum atomic E-state index is -3.40. The van der Waals surface area contributed by atoms with E-state index in [1.165, 1.54) is 7.11 Å². The highest BCUT2D eigenvalue weighted by atomic mass is 32.2. The lowest BCUT2D eigenvalue weighted by Gasteiger charge is -2.10. The van der Waals surface area contributed by atoms with E-state index < -0.39 is 21.1 Å². The molecule has 0 amide bonds. The van der Waals surface area contributed by atoms with Crippen LogP contribution in [0.4, 0.5) is 0 Å². The summed E-state index contributed by atoms with van der Waals surface area (Å²) in [5.74, 6) is -0.367. The molecule has 0 radical (unpaired) electrons. The van der Waals surface area contributed by atoms with Crippen LogP contribution < -0.4 is 0 Å². The van der Waals surface area contributed by atoms with Crippen LogP contribution in [-0.2, 0) is 19.4 Å². The molecule has 0 spiro atoms. The summed E-state index contributed by atoms with van der Waals surface area (Å²) < 4.78 is 27.0. The average molecular weight is 234 g/mol. The summed E-state index contributed by atoms with van der Waals surface area (Å²) in [6, 6.07) is 0. The van der Waals surface area contributed by atoms with Crippen LogP contribution in [-0.4, -0.2) is 33.0 Å². The molecule has 0 saturated carbocycles. The Morgan fingerprint density at radius 2 is 1.93 bits per heavy atom. The van der Waals surface area contributed by atoms with E-state index in [1.807, 2.05) is 19.9 Å². The maximum absolute atomic E-state index is 11.3. The number of allylic oxidation sites excluding steroid dienone is 2. The number of carbonyl (C=O) groups excluding carboxylic acids is 1. The molecule has 0 N–H and O–H groups in total. The zero-order chi connectivity index (χ0) is 12.1. The third kappa shape index (κ3) is 5.57. The van der Waals surface area contributed by atoms with Gasteiger partial charge in [0.15, 0.2) is 15.1 Å². The number of rotatable bonds is 5. The van der Waals surface area contributed by atoms with E-state index in [-0.39, 0.29) is 6.42 Å². The molecule has 0 rings (SSSR count). The minimum Gasteiger partial charge on any atom is -0.468 e. The second-order valence-corrected chi connectivity index (χ2v) is 5.98. The van der Waals surface area contributed by atoms with Crippen molar-refractivity contribution >= 4 is 15.8 Å². The van der Waals surface area contributed by atoms with Crippen LogP contribution in [0.3, 0.4) is 0 Å². The zero-order valence-corrected chi connectivity index (χ0v) is 10.4. The monoisotopic (exact) mass is 234 g/mol. The Morgan fingerprint density at radius 3 is 2.27 bits per heavy atom. The van der Waals surface area contributed by atoms with Gasteiger partial charge < -0.3 is 4.74 Å². The molecule has 0 heterocycles. The van der Waals surface area contributed by atoms with Gasteiger partial charge in [-0.1, -0.05) is 26.0 Å². The van der Waals surface area contributed by atoms with E-state index in [1.54, 1.807) is 6.08 Å². The number of sulfone groups is 1. The number of carbonyl (C=O) groups is 1.